The Hall–Kier alpha value is 0.0899. The molecule has 4 fully saturated rings. The van der Waals surface area contributed by atoms with Crippen LogP contribution < -0.4 is 0 Å². The van der Waals surface area contributed by atoms with Gasteiger partial charge < -0.3 is 4.57 Å². The quantitative estimate of drug-likeness (QED) is 0.427. The predicted molar refractivity (Wildman–Crippen MR) is 120 cm³/mol. The fourth-order valence-corrected chi connectivity index (χ4v) is 7.25. The smallest absolute Gasteiger partial charge is 0.282 e. The van der Waals surface area contributed by atoms with E-state index in [-0.39, 0.29) is 0 Å². The average molecular weight is 370 g/mol. The summed E-state index contributed by atoms with van der Waals surface area (Å²) in [4.78, 5) is 0. The lowest BCUT2D eigenvalue weighted by Crippen LogP contribution is -2.43. The number of hydrogen-bond acceptors (Lipinski definition) is 1. The van der Waals surface area contributed by atoms with Crippen molar-refractivity contribution >= 4 is 13.8 Å². The highest BCUT2D eigenvalue weighted by Gasteiger charge is 2.43. The van der Waals surface area contributed by atoms with Gasteiger partial charge in [0.2, 0.25) is 0 Å². The molecule has 0 atom stereocenters. The Balaban J connectivity index is 1.49. The Morgan fingerprint density at radius 1 is 0.333 bits per heavy atom. The van der Waals surface area contributed by atoms with E-state index in [0.29, 0.717) is 13.8 Å². The van der Waals surface area contributed by atoms with Crippen LogP contribution in [0.2, 0.25) is 23.3 Å². The summed E-state index contributed by atoms with van der Waals surface area (Å²) < 4.78 is 7.41. The fourth-order valence-electron chi connectivity index (χ4n) is 7.25. The third-order valence-corrected chi connectivity index (χ3v) is 8.77. The van der Waals surface area contributed by atoms with Crippen molar-refractivity contribution in [2.75, 3.05) is 0 Å². The minimum atomic E-state index is 0.611. The molecule has 0 unspecified atom stereocenters. The molecule has 0 aromatic rings. The molecule has 0 aromatic carbocycles. The molecule has 0 heterocycles. The van der Waals surface area contributed by atoms with Crippen LogP contribution >= 0.6 is 0 Å². The maximum atomic E-state index is 7.41. The summed E-state index contributed by atoms with van der Waals surface area (Å²) in [5, 5.41) is 0. The first-order chi connectivity index (χ1) is 13.4. The van der Waals surface area contributed by atoms with Crippen LogP contribution in [0, 0.1) is 0 Å². The van der Waals surface area contributed by atoms with Crippen molar-refractivity contribution in [1.82, 2.24) is 0 Å². The lowest BCUT2D eigenvalue weighted by atomic mass is 9.35. The molecular weight excluding hydrogens is 326 g/mol. The van der Waals surface area contributed by atoms with E-state index in [4.69, 9.17) is 4.57 Å². The summed E-state index contributed by atoms with van der Waals surface area (Å²) in [7, 11) is 0. The van der Waals surface area contributed by atoms with E-state index in [2.05, 4.69) is 0 Å². The summed E-state index contributed by atoms with van der Waals surface area (Å²) in [6.07, 6.45) is 29.3. The van der Waals surface area contributed by atoms with Gasteiger partial charge in [-0.1, -0.05) is 128 Å². The lowest BCUT2D eigenvalue weighted by molar-refractivity contribution is 0.373. The van der Waals surface area contributed by atoms with Crippen LogP contribution in [0.3, 0.4) is 0 Å². The molecule has 0 N–H and O–H groups in total. The zero-order chi connectivity index (χ0) is 18.3. The van der Waals surface area contributed by atoms with Gasteiger partial charge in [0.25, 0.3) is 13.8 Å². The molecule has 3 heteroatoms. The monoisotopic (exact) mass is 370 g/mol. The van der Waals surface area contributed by atoms with E-state index < -0.39 is 0 Å². The molecule has 4 aliphatic rings. The summed E-state index contributed by atoms with van der Waals surface area (Å²) in [6.45, 7) is 1.22. The minimum Gasteiger partial charge on any atom is -0.498 e. The SMILES string of the molecule is C1CCC(B(OB(C2CCCCC2)C2CCCCC2)C2CCCCC2)CC1. The molecule has 4 saturated carbocycles. The van der Waals surface area contributed by atoms with Crippen molar-refractivity contribution in [2.45, 2.75) is 152 Å². The largest absolute Gasteiger partial charge is 0.498 e. The van der Waals surface area contributed by atoms with Gasteiger partial charge in [0, 0.05) is 0 Å². The van der Waals surface area contributed by atoms with E-state index in [1.54, 1.807) is 0 Å². The van der Waals surface area contributed by atoms with Crippen LogP contribution in [0.4, 0.5) is 0 Å². The van der Waals surface area contributed by atoms with Crippen molar-refractivity contribution in [3.8, 4) is 0 Å². The second-order valence-corrected chi connectivity index (χ2v) is 10.7. The Morgan fingerprint density at radius 2 is 0.556 bits per heavy atom. The first kappa shape index (κ1) is 20.4. The molecule has 0 radical (unpaired) electrons. The van der Waals surface area contributed by atoms with E-state index in [9.17, 15) is 0 Å². The first-order valence-electron chi connectivity index (χ1n) is 13.1. The molecule has 0 bridgehead atoms. The summed E-state index contributed by atoms with van der Waals surface area (Å²) in [6, 6.07) is 0. The van der Waals surface area contributed by atoms with Crippen LogP contribution in [-0.4, -0.2) is 13.8 Å². The highest BCUT2D eigenvalue weighted by molar-refractivity contribution is 6.69. The normalized spacial score (nSPS) is 27.6. The van der Waals surface area contributed by atoms with Crippen molar-refractivity contribution in [3.63, 3.8) is 0 Å². The van der Waals surface area contributed by atoms with Gasteiger partial charge in [-0.3, -0.25) is 0 Å². The van der Waals surface area contributed by atoms with Crippen molar-refractivity contribution in [2.24, 2.45) is 0 Å². The van der Waals surface area contributed by atoms with Gasteiger partial charge in [-0.25, -0.2) is 0 Å². The topological polar surface area (TPSA) is 9.23 Å². The number of rotatable bonds is 6. The van der Waals surface area contributed by atoms with Gasteiger partial charge in [0.1, 0.15) is 0 Å². The Kier molecular flexibility index (Phi) is 8.11. The molecule has 1 nitrogen and oxygen atoms in total. The summed E-state index contributed by atoms with van der Waals surface area (Å²) >= 11 is 0. The van der Waals surface area contributed by atoms with Crippen LogP contribution in [0.25, 0.3) is 0 Å². The fraction of sp³-hybridized carbons (Fsp3) is 1.00. The zero-order valence-electron chi connectivity index (χ0n) is 18.0. The second-order valence-electron chi connectivity index (χ2n) is 10.7. The van der Waals surface area contributed by atoms with E-state index in [1.807, 2.05) is 0 Å². The van der Waals surface area contributed by atoms with Gasteiger partial charge >= 0.3 is 0 Å². The van der Waals surface area contributed by atoms with Gasteiger partial charge in [0.05, 0.1) is 0 Å². The molecule has 4 rings (SSSR count). The van der Waals surface area contributed by atoms with Crippen molar-refractivity contribution < 1.29 is 4.57 Å². The summed E-state index contributed by atoms with van der Waals surface area (Å²) in [5.41, 5.74) is 0. The maximum absolute atomic E-state index is 7.41. The average Bonchev–Trinajstić information content (AvgIpc) is 2.77. The Bertz CT molecular complexity index is 331. The molecule has 0 saturated heterocycles. The van der Waals surface area contributed by atoms with Crippen LogP contribution in [0.1, 0.15) is 128 Å². The molecule has 0 spiro atoms. The van der Waals surface area contributed by atoms with Gasteiger partial charge in [0.15, 0.2) is 0 Å². The van der Waals surface area contributed by atoms with Crippen LogP contribution in [-0.2, 0) is 4.57 Å². The molecule has 152 valence electrons. The first-order valence-corrected chi connectivity index (χ1v) is 13.1. The second kappa shape index (κ2) is 10.7. The van der Waals surface area contributed by atoms with E-state index >= 15 is 0 Å². The molecule has 0 aliphatic heterocycles. The standard InChI is InChI=1S/C24H44B2O/c1-5-13-21(14-6-1)25(22-15-7-2-8-16-22)27-26(23-17-9-3-10-18-23)24-19-11-4-12-20-24/h21-24H,1-20H2. The molecule has 0 aromatic heterocycles. The zero-order valence-corrected chi connectivity index (χ0v) is 18.0. The van der Waals surface area contributed by atoms with Crippen LogP contribution in [0.5, 0.6) is 0 Å². The highest BCUT2D eigenvalue weighted by atomic mass is 16.4. The number of hydrogen-bond donors (Lipinski definition) is 0. The maximum Gasteiger partial charge on any atom is 0.282 e. The Morgan fingerprint density at radius 3 is 0.778 bits per heavy atom. The molecule has 0 amide bonds. The van der Waals surface area contributed by atoms with Gasteiger partial charge in [-0.05, 0) is 23.3 Å². The summed E-state index contributed by atoms with van der Waals surface area (Å²) in [5.74, 6) is 3.54. The van der Waals surface area contributed by atoms with Crippen molar-refractivity contribution in [3.05, 3.63) is 0 Å². The third kappa shape index (κ3) is 5.58. The molecule has 4 aliphatic carbocycles. The van der Waals surface area contributed by atoms with E-state index in [0.717, 1.165) is 23.3 Å². The molecular formula is C24H44B2O. The lowest BCUT2D eigenvalue weighted by Gasteiger charge is -2.42. The van der Waals surface area contributed by atoms with Gasteiger partial charge in [-0.15, -0.1) is 0 Å². The Labute approximate surface area is 170 Å². The molecule has 27 heavy (non-hydrogen) atoms. The van der Waals surface area contributed by atoms with E-state index in [1.165, 1.54) is 128 Å². The van der Waals surface area contributed by atoms with Crippen LogP contribution in [0.15, 0.2) is 0 Å². The minimum absolute atomic E-state index is 0.611. The van der Waals surface area contributed by atoms with Crippen molar-refractivity contribution in [1.29, 1.82) is 0 Å². The highest BCUT2D eigenvalue weighted by Crippen LogP contribution is 2.47. The third-order valence-electron chi connectivity index (χ3n) is 8.77. The van der Waals surface area contributed by atoms with Gasteiger partial charge in [-0.2, -0.15) is 0 Å². The predicted octanol–water partition coefficient (Wildman–Crippen LogP) is 8.32.